The number of hydrogen-bond donors (Lipinski definition) is 1. The molecule has 1 N–H and O–H groups in total. The van der Waals surface area contributed by atoms with Crippen molar-refractivity contribution in [2.45, 2.75) is 37.5 Å². The van der Waals surface area contributed by atoms with Crippen LogP contribution in [0.2, 0.25) is 0 Å². The number of ether oxygens (including phenoxy) is 1. The number of anilines is 1. The molecule has 0 radical (unpaired) electrons. The van der Waals surface area contributed by atoms with E-state index in [-0.39, 0.29) is 11.6 Å². The molecule has 6 nitrogen and oxygen atoms in total. The molecule has 0 aromatic heterocycles. The first-order valence-electron chi connectivity index (χ1n) is 8.98. The van der Waals surface area contributed by atoms with Gasteiger partial charge in [-0.1, -0.05) is 12.1 Å². The number of carbonyl (C=O) groups excluding carboxylic acids is 1. The summed E-state index contributed by atoms with van der Waals surface area (Å²) in [5, 5.41) is 13.5. The van der Waals surface area contributed by atoms with Gasteiger partial charge in [-0.15, -0.1) is 11.8 Å². The van der Waals surface area contributed by atoms with Gasteiger partial charge >= 0.3 is 0 Å². The molecule has 142 valence electrons. The molecule has 1 aliphatic carbocycles. The number of non-ortho nitro benzene ring substituents is 1. The normalized spacial score (nSPS) is 14.1. The zero-order valence-corrected chi connectivity index (χ0v) is 15.7. The second-order valence-corrected chi connectivity index (χ2v) is 7.50. The highest BCUT2D eigenvalue weighted by Crippen LogP contribution is 2.25. The molecule has 7 heteroatoms. The van der Waals surface area contributed by atoms with Crippen molar-refractivity contribution in [2.24, 2.45) is 0 Å². The Labute approximate surface area is 162 Å². The fraction of sp³-hybridized carbons (Fsp3) is 0.350. The average molecular weight is 386 g/mol. The summed E-state index contributed by atoms with van der Waals surface area (Å²) in [5.74, 6) is 1.70. The first-order chi connectivity index (χ1) is 13.1. The maximum atomic E-state index is 12.1. The monoisotopic (exact) mass is 386 g/mol. The molecule has 1 fully saturated rings. The van der Waals surface area contributed by atoms with E-state index in [1.165, 1.54) is 36.7 Å². The van der Waals surface area contributed by atoms with Crippen molar-refractivity contribution in [3.05, 3.63) is 64.2 Å². The lowest BCUT2D eigenvalue weighted by Crippen LogP contribution is -2.14. The van der Waals surface area contributed by atoms with E-state index in [2.05, 4.69) is 5.32 Å². The number of amides is 1. The van der Waals surface area contributed by atoms with Gasteiger partial charge in [-0.3, -0.25) is 14.9 Å². The van der Waals surface area contributed by atoms with Gasteiger partial charge in [0.05, 0.1) is 16.8 Å². The van der Waals surface area contributed by atoms with E-state index in [1.54, 1.807) is 12.1 Å². The highest BCUT2D eigenvalue weighted by molar-refractivity contribution is 7.99. The topological polar surface area (TPSA) is 81.5 Å². The Morgan fingerprint density at radius 2 is 1.78 bits per heavy atom. The maximum Gasteiger partial charge on any atom is 0.269 e. The number of benzene rings is 2. The number of thioether (sulfide) groups is 1. The zero-order valence-electron chi connectivity index (χ0n) is 14.9. The van der Waals surface area contributed by atoms with Crippen molar-refractivity contribution in [3.63, 3.8) is 0 Å². The summed E-state index contributed by atoms with van der Waals surface area (Å²) in [4.78, 5) is 22.3. The Balaban J connectivity index is 1.40. The summed E-state index contributed by atoms with van der Waals surface area (Å²) in [6.07, 6.45) is 5.02. The fourth-order valence-electron chi connectivity index (χ4n) is 2.99. The summed E-state index contributed by atoms with van der Waals surface area (Å²) >= 11 is 1.47. The Kier molecular flexibility index (Phi) is 6.70. The third-order valence-electron chi connectivity index (χ3n) is 4.39. The Bertz CT molecular complexity index is 772. The van der Waals surface area contributed by atoms with E-state index in [0.29, 0.717) is 17.6 Å². The molecule has 0 bridgehead atoms. The number of hydrogen-bond acceptors (Lipinski definition) is 5. The third kappa shape index (κ3) is 5.99. The number of rotatable bonds is 8. The van der Waals surface area contributed by atoms with Gasteiger partial charge in [0.1, 0.15) is 5.75 Å². The van der Waals surface area contributed by atoms with Gasteiger partial charge < -0.3 is 10.1 Å². The summed E-state index contributed by atoms with van der Waals surface area (Å²) in [6, 6.07) is 13.9. The number of nitrogens with zero attached hydrogens (tertiary/aromatic N) is 1. The van der Waals surface area contributed by atoms with Crippen LogP contribution in [0.1, 0.15) is 31.2 Å². The van der Waals surface area contributed by atoms with Crippen molar-refractivity contribution in [3.8, 4) is 5.75 Å². The lowest BCUT2D eigenvalue weighted by molar-refractivity contribution is -0.384. The van der Waals surface area contributed by atoms with E-state index < -0.39 is 4.92 Å². The smallest absolute Gasteiger partial charge is 0.269 e. The number of carbonyl (C=O) groups is 1. The summed E-state index contributed by atoms with van der Waals surface area (Å²) in [5.41, 5.74) is 1.77. The quantitative estimate of drug-likeness (QED) is 0.521. The minimum atomic E-state index is -0.422. The molecular weight excluding hydrogens is 364 g/mol. The van der Waals surface area contributed by atoms with Crippen LogP contribution >= 0.6 is 11.8 Å². The number of nitrogens with one attached hydrogen (secondary N) is 1. The molecule has 0 unspecified atom stereocenters. The summed E-state index contributed by atoms with van der Waals surface area (Å²) in [7, 11) is 0. The molecular formula is C20H22N2O4S. The van der Waals surface area contributed by atoms with Crippen LogP contribution in [0.4, 0.5) is 11.4 Å². The Hall–Kier alpha value is -2.54. The molecule has 0 saturated heterocycles. The standard InChI is InChI=1S/C20H22N2O4S/c23-20(14-27-13-15-5-9-17(10-6-15)22(24)25)21-16-7-11-19(12-8-16)26-18-3-1-2-4-18/h5-12,18H,1-4,13-14H2,(H,21,23). The van der Waals surface area contributed by atoms with E-state index in [1.807, 2.05) is 24.3 Å². The van der Waals surface area contributed by atoms with Crippen LogP contribution in [-0.2, 0) is 10.5 Å². The van der Waals surface area contributed by atoms with Crippen LogP contribution in [0.25, 0.3) is 0 Å². The average Bonchev–Trinajstić information content (AvgIpc) is 3.17. The van der Waals surface area contributed by atoms with Crippen LogP contribution in [-0.4, -0.2) is 22.7 Å². The molecule has 27 heavy (non-hydrogen) atoms. The van der Waals surface area contributed by atoms with Crippen molar-refractivity contribution in [1.29, 1.82) is 0 Å². The van der Waals surface area contributed by atoms with Gasteiger partial charge in [0.2, 0.25) is 5.91 Å². The van der Waals surface area contributed by atoms with E-state index in [0.717, 1.165) is 29.8 Å². The van der Waals surface area contributed by atoms with Gasteiger partial charge in [-0.25, -0.2) is 0 Å². The van der Waals surface area contributed by atoms with Gasteiger partial charge in [0, 0.05) is 23.6 Å². The highest BCUT2D eigenvalue weighted by atomic mass is 32.2. The molecule has 2 aromatic carbocycles. The SMILES string of the molecule is O=C(CSCc1ccc([N+](=O)[O-])cc1)Nc1ccc(OC2CCCC2)cc1. The molecule has 1 amide bonds. The molecule has 1 saturated carbocycles. The second-order valence-electron chi connectivity index (χ2n) is 6.51. The maximum absolute atomic E-state index is 12.1. The number of nitro groups is 1. The fourth-order valence-corrected chi connectivity index (χ4v) is 3.78. The molecule has 1 aliphatic rings. The highest BCUT2D eigenvalue weighted by Gasteiger charge is 2.16. The van der Waals surface area contributed by atoms with E-state index >= 15 is 0 Å². The van der Waals surface area contributed by atoms with Crippen molar-refractivity contribution in [1.82, 2.24) is 0 Å². The van der Waals surface area contributed by atoms with E-state index in [9.17, 15) is 14.9 Å². The molecule has 0 aliphatic heterocycles. The van der Waals surface area contributed by atoms with Crippen molar-refractivity contribution < 1.29 is 14.5 Å². The van der Waals surface area contributed by atoms with Gasteiger partial charge in [-0.05, 0) is 55.5 Å². The van der Waals surface area contributed by atoms with Crippen LogP contribution in [0.5, 0.6) is 5.75 Å². The summed E-state index contributed by atoms with van der Waals surface area (Å²) < 4.78 is 5.91. The minimum absolute atomic E-state index is 0.0712. The second kappa shape index (κ2) is 9.41. The number of nitro benzene ring substituents is 1. The van der Waals surface area contributed by atoms with Crippen molar-refractivity contribution in [2.75, 3.05) is 11.1 Å². The molecule has 0 heterocycles. The zero-order chi connectivity index (χ0) is 19.1. The first-order valence-corrected chi connectivity index (χ1v) is 10.1. The molecule has 0 spiro atoms. The predicted octanol–water partition coefficient (Wildman–Crippen LogP) is 4.79. The van der Waals surface area contributed by atoms with Gasteiger partial charge in [0.15, 0.2) is 0 Å². The lowest BCUT2D eigenvalue weighted by Gasteiger charge is -2.13. The van der Waals surface area contributed by atoms with E-state index in [4.69, 9.17) is 4.74 Å². The van der Waals surface area contributed by atoms with Crippen LogP contribution in [0, 0.1) is 10.1 Å². The van der Waals surface area contributed by atoms with Gasteiger partial charge in [0.25, 0.3) is 5.69 Å². The molecule has 2 aromatic rings. The lowest BCUT2D eigenvalue weighted by atomic mass is 10.2. The van der Waals surface area contributed by atoms with Gasteiger partial charge in [-0.2, -0.15) is 0 Å². The minimum Gasteiger partial charge on any atom is -0.490 e. The van der Waals surface area contributed by atoms with Crippen LogP contribution < -0.4 is 10.1 Å². The Morgan fingerprint density at radius 1 is 1.11 bits per heavy atom. The molecule has 0 atom stereocenters. The largest absolute Gasteiger partial charge is 0.490 e. The Morgan fingerprint density at radius 3 is 2.41 bits per heavy atom. The first kappa shape index (κ1) is 19.2. The molecule has 3 rings (SSSR count). The summed E-state index contributed by atoms with van der Waals surface area (Å²) in [6.45, 7) is 0. The van der Waals surface area contributed by atoms with Crippen molar-refractivity contribution >= 4 is 29.0 Å². The van der Waals surface area contributed by atoms with Crippen LogP contribution in [0.3, 0.4) is 0 Å². The third-order valence-corrected chi connectivity index (χ3v) is 5.40. The predicted molar refractivity (Wildman–Crippen MR) is 107 cm³/mol. The van der Waals surface area contributed by atoms with Crippen LogP contribution in [0.15, 0.2) is 48.5 Å².